The van der Waals surface area contributed by atoms with Crippen molar-refractivity contribution in [3.63, 3.8) is 0 Å². The fourth-order valence-corrected chi connectivity index (χ4v) is 3.63. The summed E-state index contributed by atoms with van der Waals surface area (Å²) in [4.78, 5) is 9.16. The molecule has 0 radical (unpaired) electrons. The van der Waals surface area contributed by atoms with Crippen molar-refractivity contribution in [1.82, 2.24) is 15.1 Å². The average molecular weight is 457 g/mol. The Balaban J connectivity index is 0.00000225. The van der Waals surface area contributed by atoms with Crippen molar-refractivity contribution in [3.05, 3.63) is 35.1 Å². The second-order valence-corrected chi connectivity index (χ2v) is 6.45. The van der Waals surface area contributed by atoms with Gasteiger partial charge in [-0.3, -0.25) is 9.89 Å². The summed E-state index contributed by atoms with van der Waals surface area (Å²) in [5.41, 5.74) is 0.962. The van der Waals surface area contributed by atoms with Crippen LogP contribution in [-0.4, -0.2) is 55.0 Å². The van der Waals surface area contributed by atoms with E-state index in [-0.39, 0.29) is 29.8 Å². The molecule has 1 aromatic carbocycles. The number of benzene rings is 1. The summed E-state index contributed by atoms with van der Waals surface area (Å²) in [6, 6.07) is 7.08. The first-order valence-corrected chi connectivity index (χ1v) is 8.59. The molecule has 7 heteroatoms. The molecule has 1 aromatic rings. The average Bonchev–Trinajstić information content (AvgIpc) is 3.28. The van der Waals surface area contributed by atoms with Gasteiger partial charge < -0.3 is 10.2 Å². The van der Waals surface area contributed by atoms with Crippen LogP contribution in [0.15, 0.2) is 23.2 Å². The van der Waals surface area contributed by atoms with E-state index in [0.29, 0.717) is 23.7 Å². The zero-order chi connectivity index (χ0) is 16.9. The van der Waals surface area contributed by atoms with Crippen LogP contribution in [-0.2, 0) is 6.54 Å². The lowest BCUT2D eigenvalue weighted by molar-refractivity contribution is 0.249. The minimum Gasteiger partial charge on any atom is -0.352 e. The van der Waals surface area contributed by atoms with Gasteiger partial charge >= 0.3 is 0 Å². The minimum atomic E-state index is -0.298. The van der Waals surface area contributed by atoms with Crippen molar-refractivity contribution in [2.24, 2.45) is 4.99 Å². The van der Waals surface area contributed by atoms with Gasteiger partial charge in [0.2, 0.25) is 0 Å². The molecule has 2 heterocycles. The maximum Gasteiger partial charge on any atom is 0.193 e. The van der Waals surface area contributed by atoms with Crippen LogP contribution in [0.1, 0.15) is 30.4 Å². The molecule has 0 bridgehead atoms. The molecule has 3 rings (SSSR count). The maximum absolute atomic E-state index is 13.9. The predicted octanol–water partition coefficient (Wildman–Crippen LogP) is 2.56. The van der Waals surface area contributed by atoms with Gasteiger partial charge in [-0.15, -0.1) is 24.0 Å². The first kappa shape index (κ1) is 19.9. The Kier molecular flexibility index (Phi) is 7.44. The molecular formula is C18H25FIN5. The molecule has 0 aromatic heterocycles. The molecule has 2 saturated heterocycles. The standard InChI is InChI=1S/C18H24FN5.HI/c1-21-18(22-12-15-10-14(11-20)4-5-17(15)19)24-9-6-16(13-24)23-7-2-3-8-23;/h4-5,10,16H,2-3,6-9,12-13H2,1H3,(H,21,22);1H. The van der Waals surface area contributed by atoms with E-state index in [0.717, 1.165) is 25.5 Å². The highest BCUT2D eigenvalue weighted by Crippen LogP contribution is 2.20. The summed E-state index contributed by atoms with van der Waals surface area (Å²) in [5, 5.41) is 12.2. The molecule has 136 valence electrons. The Morgan fingerprint density at radius 1 is 1.36 bits per heavy atom. The Hall–Kier alpha value is -1.40. The SMILES string of the molecule is CN=C(NCc1cc(C#N)ccc1F)N1CCC(N2CCCC2)C1.I. The molecule has 25 heavy (non-hydrogen) atoms. The number of nitrogens with zero attached hydrogens (tertiary/aromatic N) is 4. The van der Waals surface area contributed by atoms with Crippen LogP contribution in [0.25, 0.3) is 0 Å². The summed E-state index contributed by atoms with van der Waals surface area (Å²) in [5.74, 6) is 0.506. The van der Waals surface area contributed by atoms with Crippen LogP contribution in [0.4, 0.5) is 4.39 Å². The van der Waals surface area contributed by atoms with Gasteiger partial charge in [0.05, 0.1) is 11.6 Å². The lowest BCUT2D eigenvalue weighted by atomic mass is 10.1. The number of guanidine groups is 1. The molecule has 0 spiro atoms. The van der Waals surface area contributed by atoms with Crippen molar-refractivity contribution in [2.75, 3.05) is 33.2 Å². The number of hydrogen-bond donors (Lipinski definition) is 1. The fourth-order valence-electron chi connectivity index (χ4n) is 3.63. The second-order valence-electron chi connectivity index (χ2n) is 6.45. The monoisotopic (exact) mass is 457 g/mol. The van der Waals surface area contributed by atoms with Gasteiger partial charge in [-0.25, -0.2) is 4.39 Å². The number of nitrogens with one attached hydrogen (secondary N) is 1. The normalized spacial score (nSPS) is 21.1. The highest BCUT2D eigenvalue weighted by atomic mass is 127. The summed E-state index contributed by atoms with van der Waals surface area (Å²) in [6.45, 7) is 4.69. The molecule has 0 saturated carbocycles. The van der Waals surface area contributed by atoms with Gasteiger partial charge in [-0.1, -0.05) is 0 Å². The van der Waals surface area contributed by atoms with Gasteiger partial charge in [0.25, 0.3) is 0 Å². The first-order valence-electron chi connectivity index (χ1n) is 8.59. The molecule has 0 amide bonds. The molecule has 1 atom stereocenters. The lowest BCUT2D eigenvalue weighted by Crippen LogP contribution is -2.42. The largest absolute Gasteiger partial charge is 0.352 e. The van der Waals surface area contributed by atoms with E-state index in [1.807, 2.05) is 6.07 Å². The number of halogens is 2. The van der Waals surface area contributed by atoms with Crippen LogP contribution in [0, 0.1) is 17.1 Å². The Labute approximate surface area is 165 Å². The fraction of sp³-hybridized carbons (Fsp3) is 0.556. The number of aliphatic imine (C=N–C) groups is 1. The van der Waals surface area contributed by atoms with Crippen LogP contribution in [0.3, 0.4) is 0 Å². The molecule has 5 nitrogen and oxygen atoms in total. The van der Waals surface area contributed by atoms with Crippen LogP contribution in [0.2, 0.25) is 0 Å². The first-order chi connectivity index (χ1) is 11.7. The molecule has 1 unspecified atom stereocenters. The summed E-state index contributed by atoms with van der Waals surface area (Å²) in [7, 11) is 1.76. The molecule has 1 N–H and O–H groups in total. The lowest BCUT2D eigenvalue weighted by Gasteiger charge is -2.25. The third-order valence-corrected chi connectivity index (χ3v) is 4.94. The number of rotatable bonds is 3. The van der Waals surface area contributed by atoms with E-state index in [2.05, 4.69) is 20.1 Å². The maximum atomic E-state index is 13.9. The molecular weight excluding hydrogens is 432 g/mol. The van der Waals surface area contributed by atoms with E-state index in [4.69, 9.17) is 5.26 Å². The highest BCUT2D eigenvalue weighted by molar-refractivity contribution is 14.0. The van der Waals surface area contributed by atoms with Gasteiger partial charge in [-0.05, 0) is 50.6 Å². The van der Waals surface area contributed by atoms with Crippen molar-refractivity contribution >= 4 is 29.9 Å². The molecule has 2 aliphatic heterocycles. The third kappa shape index (κ3) is 4.82. The van der Waals surface area contributed by atoms with E-state index >= 15 is 0 Å². The topological polar surface area (TPSA) is 54.7 Å². The number of likely N-dealkylation sites (tertiary alicyclic amines) is 2. The van der Waals surface area contributed by atoms with E-state index in [9.17, 15) is 4.39 Å². The van der Waals surface area contributed by atoms with Crippen molar-refractivity contribution < 1.29 is 4.39 Å². The van der Waals surface area contributed by atoms with Gasteiger partial charge in [-0.2, -0.15) is 5.26 Å². The van der Waals surface area contributed by atoms with Crippen LogP contribution in [0.5, 0.6) is 0 Å². The van der Waals surface area contributed by atoms with E-state index in [1.165, 1.54) is 38.1 Å². The van der Waals surface area contributed by atoms with Gasteiger partial charge in [0, 0.05) is 38.3 Å². The smallest absolute Gasteiger partial charge is 0.193 e. The quantitative estimate of drug-likeness (QED) is 0.431. The summed E-state index contributed by atoms with van der Waals surface area (Å²) < 4.78 is 13.9. The summed E-state index contributed by atoms with van der Waals surface area (Å²) >= 11 is 0. The van der Waals surface area contributed by atoms with E-state index in [1.54, 1.807) is 13.1 Å². The minimum absolute atomic E-state index is 0. The Morgan fingerprint density at radius 3 is 2.80 bits per heavy atom. The number of hydrogen-bond acceptors (Lipinski definition) is 3. The Bertz CT molecular complexity index is 651. The summed E-state index contributed by atoms with van der Waals surface area (Å²) in [6.07, 6.45) is 3.76. The van der Waals surface area contributed by atoms with Crippen LogP contribution >= 0.6 is 24.0 Å². The highest BCUT2D eigenvalue weighted by Gasteiger charge is 2.30. The molecule has 0 aliphatic carbocycles. The third-order valence-electron chi connectivity index (χ3n) is 4.94. The number of nitriles is 1. The van der Waals surface area contributed by atoms with Gasteiger partial charge in [0.1, 0.15) is 5.82 Å². The van der Waals surface area contributed by atoms with E-state index < -0.39 is 0 Å². The molecule has 2 fully saturated rings. The van der Waals surface area contributed by atoms with Gasteiger partial charge in [0.15, 0.2) is 5.96 Å². The van der Waals surface area contributed by atoms with Crippen molar-refractivity contribution in [1.29, 1.82) is 5.26 Å². The van der Waals surface area contributed by atoms with Crippen molar-refractivity contribution in [2.45, 2.75) is 31.8 Å². The zero-order valence-electron chi connectivity index (χ0n) is 14.5. The van der Waals surface area contributed by atoms with Crippen LogP contribution < -0.4 is 5.32 Å². The molecule has 2 aliphatic rings. The Morgan fingerprint density at radius 2 is 2.12 bits per heavy atom. The predicted molar refractivity (Wildman–Crippen MR) is 108 cm³/mol. The zero-order valence-corrected chi connectivity index (χ0v) is 16.9. The van der Waals surface area contributed by atoms with Crippen molar-refractivity contribution in [3.8, 4) is 6.07 Å². The second kappa shape index (κ2) is 9.34.